The highest BCUT2D eigenvalue weighted by Gasteiger charge is 2.02. The highest BCUT2D eigenvalue weighted by atomic mass is 35.5. The Labute approximate surface area is 122 Å². The summed E-state index contributed by atoms with van der Waals surface area (Å²) in [4.78, 5) is 0. The lowest BCUT2D eigenvalue weighted by Gasteiger charge is -2.12. The fourth-order valence-electron chi connectivity index (χ4n) is 1.55. The van der Waals surface area contributed by atoms with Gasteiger partial charge in [-0.1, -0.05) is 29.8 Å². The van der Waals surface area contributed by atoms with E-state index in [1.165, 1.54) is 0 Å². The van der Waals surface area contributed by atoms with E-state index in [1.807, 2.05) is 42.5 Å². The van der Waals surface area contributed by atoms with Crippen molar-refractivity contribution in [3.8, 4) is 5.75 Å². The molecular formula is C14H13ClN2OS. The molecule has 2 N–H and O–H groups in total. The van der Waals surface area contributed by atoms with Gasteiger partial charge in [-0.25, -0.2) is 0 Å². The van der Waals surface area contributed by atoms with Gasteiger partial charge in [0.2, 0.25) is 0 Å². The van der Waals surface area contributed by atoms with Gasteiger partial charge in [-0.15, -0.1) is 0 Å². The van der Waals surface area contributed by atoms with Crippen LogP contribution < -0.4 is 15.4 Å². The Kier molecular flexibility index (Phi) is 4.60. The van der Waals surface area contributed by atoms with E-state index in [2.05, 4.69) is 10.6 Å². The first-order valence-electron chi connectivity index (χ1n) is 5.65. The lowest BCUT2D eigenvalue weighted by atomic mass is 10.3. The minimum atomic E-state index is 0.473. The van der Waals surface area contributed by atoms with E-state index in [0.29, 0.717) is 10.1 Å². The Hall–Kier alpha value is -1.78. The Balaban J connectivity index is 2.03. The molecule has 0 unspecified atom stereocenters. The van der Waals surface area contributed by atoms with Gasteiger partial charge in [0.05, 0.1) is 17.8 Å². The second kappa shape index (κ2) is 6.41. The van der Waals surface area contributed by atoms with E-state index in [4.69, 9.17) is 28.6 Å². The fourth-order valence-corrected chi connectivity index (χ4v) is 1.96. The van der Waals surface area contributed by atoms with Crippen LogP contribution in [0.25, 0.3) is 0 Å². The van der Waals surface area contributed by atoms with Crippen molar-refractivity contribution in [3.63, 3.8) is 0 Å². The first-order valence-corrected chi connectivity index (χ1v) is 6.44. The molecule has 0 fully saturated rings. The van der Waals surface area contributed by atoms with Crippen molar-refractivity contribution in [1.82, 2.24) is 0 Å². The molecule has 98 valence electrons. The van der Waals surface area contributed by atoms with Gasteiger partial charge in [-0.05, 0) is 36.5 Å². The van der Waals surface area contributed by atoms with Crippen LogP contribution in [0.4, 0.5) is 11.4 Å². The molecule has 19 heavy (non-hydrogen) atoms. The molecule has 0 saturated carbocycles. The summed E-state index contributed by atoms with van der Waals surface area (Å²) in [5, 5.41) is 7.21. The van der Waals surface area contributed by atoms with Gasteiger partial charge in [0, 0.05) is 11.8 Å². The molecule has 2 aromatic carbocycles. The minimum Gasteiger partial charge on any atom is -0.497 e. The van der Waals surface area contributed by atoms with Gasteiger partial charge in [0.25, 0.3) is 0 Å². The average Bonchev–Trinajstić information content (AvgIpc) is 2.41. The zero-order valence-electron chi connectivity index (χ0n) is 10.3. The summed E-state index contributed by atoms with van der Waals surface area (Å²) in [6.07, 6.45) is 0. The van der Waals surface area contributed by atoms with Crippen molar-refractivity contribution in [2.45, 2.75) is 0 Å². The molecule has 0 spiro atoms. The number of hydrogen-bond acceptors (Lipinski definition) is 2. The van der Waals surface area contributed by atoms with Crippen LogP contribution in [0.2, 0.25) is 5.02 Å². The number of benzene rings is 2. The van der Waals surface area contributed by atoms with Crippen LogP contribution in [0.3, 0.4) is 0 Å². The van der Waals surface area contributed by atoms with E-state index in [1.54, 1.807) is 13.2 Å². The Morgan fingerprint density at radius 2 is 1.89 bits per heavy atom. The molecule has 0 radical (unpaired) electrons. The molecule has 0 saturated heterocycles. The maximum Gasteiger partial charge on any atom is 0.175 e. The summed E-state index contributed by atoms with van der Waals surface area (Å²) in [7, 11) is 1.62. The van der Waals surface area contributed by atoms with Crippen LogP contribution in [0, 0.1) is 0 Å². The molecule has 0 heterocycles. The Morgan fingerprint density at radius 3 is 2.63 bits per heavy atom. The number of hydrogen-bond donors (Lipinski definition) is 2. The summed E-state index contributed by atoms with van der Waals surface area (Å²) in [6, 6.07) is 15.0. The first-order chi connectivity index (χ1) is 9.19. The zero-order valence-corrected chi connectivity index (χ0v) is 11.9. The zero-order chi connectivity index (χ0) is 13.7. The smallest absolute Gasteiger partial charge is 0.175 e. The van der Waals surface area contributed by atoms with Crippen LogP contribution in [0.5, 0.6) is 5.75 Å². The van der Waals surface area contributed by atoms with E-state index < -0.39 is 0 Å². The van der Waals surface area contributed by atoms with Crippen molar-refractivity contribution in [3.05, 3.63) is 53.6 Å². The molecule has 0 aromatic heterocycles. The van der Waals surface area contributed by atoms with Crippen molar-refractivity contribution in [2.24, 2.45) is 0 Å². The maximum atomic E-state index is 6.05. The highest BCUT2D eigenvalue weighted by molar-refractivity contribution is 7.80. The maximum absolute atomic E-state index is 6.05. The molecule has 0 bridgehead atoms. The Morgan fingerprint density at radius 1 is 1.11 bits per heavy atom. The van der Waals surface area contributed by atoms with Crippen molar-refractivity contribution < 1.29 is 4.74 Å². The average molecular weight is 293 g/mol. The lowest BCUT2D eigenvalue weighted by molar-refractivity contribution is 0.415. The van der Waals surface area contributed by atoms with E-state index in [0.717, 1.165) is 17.1 Å². The fraction of sp³-hybridized carbons (Fsp3) is 0.0714. The Bertz CT molecular complexity index is 589. The molecule has 2 aromatic rings. The van der Waals surface area contributed by atoms with Gasteiger partial charge < -0.3 is 15.4 Å². The van der Waals surface area contributed by atoms with Crippen molar-refractivity contribution in [1.29, 1.82) is 0 Å². The molecule has 0 amide bonds. The quantitative estimate of drug-likeness (QED) is 0.832. The molecule has 0 aliphatic heterocycles. The monoisotopic (exact) mass is 292 g/mol. The number of thiocarbonyl (C=S) groups is 1. The molecule has 0 atom stereocenters. The molecular weight excluding hydrogens is 280 g/mol. The van der Waals surface area contributed by atoms with Crippen LogP contribution in [0.15, 0.2) is 48.5 Å². The van der Waals surface area contributed by atoms with Crippen LogP contribution in [-0.4, -0.2) is 12.2 Å². The normalized spacial score (nSPS) is 9.79. The number of rotatable bonds is 3. The van der Waals surface area contributed by atoms with Crippen LogP contribution in [0.1, 0.15) is 0 Å². The summed E-state index contributed by atoms with van der Waals surface area (Å²) < 4.78 is 5.15. The third-order valence-corrected chi connectivity index (χ3v) is 2.98. The first kappa shape index (κ1) is 13.6. The number of methoxy groups -OCH3 is 1. The lowest BCUT2D eigenvalue weighted by Crippen LogP contribution is -2.19. The largest absolute Gasteiger partial charge is 0.497 e. The number of nitrogens with one attached hydrogen (secondary N) is 2. The molecule has 2 rings (SSSR count). The van der Waals surface area contributed by atoms with E-state index in [9.17, 15) is 0 Å². The number of ether oxygens (including phenoxy) is 1. The SMILES string of the molecule is COc1cccc(NC(=S)Nc2ccccc2Cl)c1. The van der Waals surface area contributed by atoms with Crippen LogP contribution in [-0.2, 0) is 0 Å². The molecule has 0 aliphatic rings. The molecule has 0 aliphatic carbocycles. The van der Waals surface area contributed by atoms with Gasteiger partial charge in [0.15, 0.2) is 5.11 Å². The summed E-state index contributed by atoms with van der Waals surface area (Å²) in [6.45, 7) is 0. The molecule has 3 nitrogen and oxygen atoms in total. The molecule has 5 heteroatoms. The minimum absolute atomic E-state index is 0.473. The van der Waals surface area contributed by atoms with Gasteiger partial charge in [-0.3, -0.25) is 0 Å². The van der Waals surface area contributed by atoms with Gasteiger partial charge in [-0.2, -0.15) is 0 Å². The predicted octanol–water partition coefficient (Wildman–Crippen LogP) is 4.16. The van der Waals surface area contributed by atoms with Crippen molar-refractivity contribution in [2.75, 3.05) is 17.7 Å². The second-order valence-electron chi connectivity index (χ2n) is 3.79. The summed E-state index contributed by atoms with van der Waals surface area (Å²) in [5.74, 6) is 0.769. The number of anilines is 2. The van der Waals surface area contributed by atoms with E-state index in [-0.39, 0.29) is 0 Å². The number of halogens is 1. The van der Waals surface area contributed by atoms with Gasteiger partial charge >= 0.3 is 0 Å². The topological polar surface area (TPSA) is 33.3 Å². The van der Waals surface area contributed by atoms with Gasteiger partial charge in [0.1, 0.15) is 5.75 Å². The third kappa shape index (κ3) is 3.84. The van der Waals surface area contributed by atoms with Crippen molar-refractivity contribution >= 4 is 40.3 Å². The standard InChI is InChI=1S/C14H13ClN2OS/c1-18-11-6-4-5-10(9-11)16-14(19)17-13-8-3-2-7-12(13)15/h2-9H,1H3,(H2,16,17,19). The summed E-state index contributed by atoms with van der Waals surface area (Å²) >= 11 is 11.3. The van der Waals surface area contributed by atoms with E-state index >= 15 is 0 Å². The van der Waals surface area contributed by atoms with Crippen LogP contribution >= 0.6 is 23.8 Å². The third-order valence-electron chi connectivity index (χ3n) is 2.45. The number of para-hydroxylation sites is 1. The predicted molar refractivity (Wildman–Crippen MR) is 84.3 cm³/mol. The highest BCUT2D eigenvalue weighted by Crippen LogP contribution is 2.21. The second-order valence-corrected chi connectivity index (χ2v) is 4.61. The summed E-state index contributed by atoms with van der Waals surface area (Å²) in [5.41, 5.74) is 1.62.